The maximum absolute atomic E-state index is 13.4. The molecule has 9 heteroatoms. The Morgan fingerprint density at radius 2 is 1.94 bits per heavy atom. The summed E-state index contributed by atoms with van der Waals surface area (Å²) in [6, 6.07) is 14.9. The number of non-ortho nitro benzene ring substituents is 1. The summed E-state index contributed by atoms with van der Waals surface area (Å²) in [6.45, 7) is 3.63. The van der Waals surface area contributed by atoms with E-state index in [1.165, 1.54) is 28.0 Å². The van der Waals surface area contributed by atoms with Crippen LogP contribution < -0.4 is 14.9 Å². The summed E-state index contributed by atoms with van der Waals surface area (Å²) in [5.41, 5.74) is 1.81. The van der Waals surface area contributed by atoms with Crippen LogP contribution in [-0.4, -0.2) is 22.1 Å². The lowest BCUT2D eigenvalue weighted by Crippen LogP contribution is -2.38. The van der Waals surface area contributed by atoms with Gasteiger partial charge in [-0.25, -0.2) is 9.79 Å². The van der Waals surface area contributed by atoms with Gasteiger partial charge in [0.2, 0.25) is 0 Å². The Morgan fingerprint density at radius 1 is 1.21 bits per heavy atom. The molecule has 172 valence electrons. The SMILES string of the molecule is CCOC(=O)C1=C(C)N=c2s/c(=C\c3cccc([N+](=O)[O-])c3)c(=O)n2[C@@H]1/C=C/c1ccccc1. The van der Waals surface area contributed by atoms with Crippen molar-refractivity contribution in [2.75, 3.05) is 6.61 Å². The summed E-state index contributed by atoms with van der Waals surface area (Å²) in [7, 11) is 0. The molecule has 0 unspecified atom stereocenters. The molecule has 8 nitrogen and oxygen atoms in total. The molecule has 0 fully saturated rings. The summed E-state index contributed by atoms with van der Waals surface area (Å²) in [6.07, 6.45) is 5.23. The molecule has 1 aromatic heterocycles. The smallest absolute Gasteiger partial charge is 0.338 e. The van der Waals surface area contributed by atoms with E-state index < -0.39 is 16.9 Å². The number of rotatable bonds is 6. The van der Waals surface area contributed by atoms with Crippen molar-refractivity contribution in [2.45, 2.75) is 19.9 Å². The number of allylic oxidation sites excluding steroid dienone is 2. The van der Waals surface area contributed by atoms with E-state index in [9.17, 15) is 19.7 Å². The second kappa shape index (κ2) is 9.80. The van der Waals surface area contributed by atoms with E-state index in [0.717, 1.165) is 5.56 Å². The lowest BCUT2D eigenvalue weighted by Gasteiger charge is -2.21. The number of carbonyl (C=O) groups is 1. The molecular weight excluding hydrogens is 454 g/mol. The number of hydrogen-bond acceptors (Lipinski definition) is 7. The van der Waals surface area contributed by atoms with Crippen molar-refractivity contribution in [2.24, 2.45) is 4.99 Å². The molecule has 2 heterocycles. The number of thiazole rings is 1. The van der Waals surface area contributed by atoms with Crippen molar-refractivity contribution >= 4 is 35.1 Å². The summed E-state index contributed by atoms with van der Waals surface area (Å²) >= 11 is 1.17. The standard InChI is InChI=1S/C25H21N3O5S/c1-3-33-24(30)22-16(2)26-25-27(20(22)13-12-17-8-5-4-6-9-17)23(29)21(34-25)15-18-10-7-11-19(14-18)28(31)32/h4-15,20H,3H2,1-2H3/b13-12+,21-15-/t20-/m1/s1. The zero-order chi connectivity index (χ0) is 24.2. The van der Waals surface area contributed by atoms with Crippen molar-refractivity contribution in [3.05, 3.63) is 113 Å². The molecule has 1 atom stereocenters. The maximum Gasteiger partial charge on any atom is 0.338 e. The van der Waals surface area contributed by atoms with E-state index in [0.29, 0.717) is 26.2 Å². The summed E-state index contributed by atoms with van der Waals surface area (Å²) in [5.74, 6) is -0.528. The third kappa shape index (κ3) is 4.65. The summed E-state index contributed by atoms with van der Waals surface area (Å²) in [4.78, 5) is 41.8. The highest BCUT2D eigenvalue weighted by Gasteiger charge is 2.30. The van der Waals surface area contributed by atoms with Crippen LogP contribution in [0.15, 0.2) is 81.7 Å². The van der Waals surface area contributed by atoms with Gasteiger partial charge in [0.05, 0.1) is 33.4 Å². The summed E-state index contributed by atoms with van der Waals surface area (Å²) in [5, 5.41) is 11.1. The van der Waals surface area contributed by atoms with Crippen molar-refractivity contribution in [3.8, 4) is 0 Å². The van der Waals surface area contributed by atoms with Crippen LogP contribution in [0.5, 0.6) is 0 Å². The van der Waals surface area contributed by atoms with Crippen LogP contribution in [0.25, 0.3) is 12.2 Å². The van der Waals surface area contributed by atoms with Crippen LogP contribution in [0.3, 0.4) is 0 Å². The predicted octanol–water partition coefficient (Wildman–Crippen LogP) is 3.37. The lowest BCUT2D eigenvalue weighted by atomic mass is 10.0. The molecule has 0 saturated heterocycles. The van der Waals surface area contributed by atoms with E-state index in [1.807, 2.05) is 36.4 Å². The predicted molar refractivity (Wildman–Crippen MR) is 130 cm³/mol. The quantitative estimate of drug-likeness (QED) is 0.309. The first kappa shape index (κ1) is 23.1. The minimum atomic E-state index is -0.706. The fourth-order valence-corrected chi connectivity index (χ4v) is 4.72. The van der Waals surface area contributed by atoms with Gasteiger partial charge in [-0.2, -0.15) is 0 Å². The van der Waals surface area contributed by atoms with Crippen LogP contribution in [0.2, 0.25) is 0 Å². The molecule has 0 bridgehead atoms. The van der Waals surface area contributed by atoms with Crippen LogP contribution in [0.4, 0.5) is 5.69 Å². The van der Waals surface area contributed by atoms with E-state index in [1.54, 1.807) is 38.1 Å². The number of nitro groups is 1. The largest absolute Gasteiger partial charge is 0.463 e. The average molecular weight is 476 g/mol. The third-order valence-electron chi connectivity index (χ3n) is 5.21. The minimum Gasteiger partial charge on any atom is -0.463 e. The van der Waals surface area contributed by atoms with Gasteiger partial charge in [0, 0.05) is 12.1 Å². The lowest BCUT2D eigenvalue weighted by molar-refractivity contribution is -0.384. The Kier molecular flexibility index (Phi) is 6.65. The zero-order valence-electron chi connectivity index (χ0n) is 18.5. The molecule has 1 aliphatic heterocycles. The number of nitro benzene ring substituents is 1. The number of benzene rings is 2. The molecule has 1 aliphatic rings. The Balaban J connectivity index is 1.87. The first-order valence-electron chi connectivity index (χ1n) is 10.6. The second-order valence-corrected chi connectivity index (χ2v) is 8.48. The van der Waals surface area contributed by atoms with Gasteiger partial charge in [0.25, 0.3) is 11.2 Å². The molecule has 34 heavy (non-hydrogen) atoms. The van der Waals surface area contributed by atoms with Crippen LogP contribution in [0, 0.1) is 10.1 Å². The van der Waals surface area contributed by atoms with E-state index in [-0.39, 0.29) is 17.9 Å². The Bertz CT molecular complexity index is 1500. The molecule has 0 saturated carbocycles. The van der Waals surface area contributed by atoms with E-state index in [4.69, 9.17) is 4.74 Å². The highest BCUT2D eigenvalue weighted by Crippen LogP contribution is 2.26. The normalized spacial score (nSPS) is 15.8. The Morgan fingerprint density at radius 3 is 2.65 bits per heavy atom. The van der Waals surface area contributed by atoms with Crippen LogP contribution >= 0.6 is 11.3 Å². The van der Waals surface area contributed by atoms with Crippen LogP contribution in [-0.2, 0) is 9.53 Å². The number of hydrogen-bond donors (Lipinski definition) is 0. The van der Waals surface area contributed by atoms with Crippen molar-refractivity contribution in [1.29, 1.82) is 0 Å². The molecule has 0 spiro atoms. The summed E-state index contributed by atoms with van der Waals surface area (Å²) < 4.78 is 7.07. The van der Waals surface area contributed by atoms with Gasteiger partial charge < -0.3 is 4.74 Å². The Labute approximate surface area is 198 Å². The van der Waals surface area contributed by atoms with Gasteiger partial charge in [0.15, 0.2) is 4.80 Å². The number of esters is 1. The maximum atomic E-state index is 13.4. The van der Waals surface area contributed by atoms with Crippen molar-refractivity contribution in [3.63, 3.8) is 0 Å². The van der Waals surface area contributed by atoms with Gasteiger partial charge in [0.1, 0.15) is 0 Å². The average Bonchev–Trinajstić information content (AvgIpc) is 3.12. The molecule has 3 aromatic rings. The van der Waals surface area contributed by atoms with Crippen LogP contribution in [0.1, 0.15) is 31.0 Å². The number of ether oxygens (including phenoxy) is 1. The molecule has 0 N–H and O–H groups in total. The third-order valence-corrected chi connectivity index (χ3v) is 6.19. The molecular formula is C25H21N3O5S. The number of carbonyl (C=O) groups excluding carboxylic acids is 1. The molecule has 0 radical (unpaired) electrons. The molecule has 0 amide bonds. The van der Waals surface area contributed by atoms with Crippen molar-refractivity contribution in [1.82, 2.24) is 4.57 Å². The van der Waals surface area contributed by atoms with Gasteiger partial charge in [-0.05, 0) is 31.1 Å². The van der Waals surface area contributed by atoms with E-state index >= 15 is 0 Å². The first-order valence-corrected chi connectivity index (χ1v) is 11.4. The highest BCUT2D eigenvalue weighted by atomic mass is 32.1. The first-order chi connectivity index (χ1) is 16.4. The van der Waals surface area contributed by atoms with Crippen molar-refractivity contribution < 1.29 is 14.5 Å². The van der Waals surface area contributed by atoms with Gasteiger partial charge in [-0.1, -0.05) is 66.0 Å². The second-order valence-electron chi connectivity index (χ2n) is 7.47. The number of nitrogens with zero attached hydrogens (tertiary/aromatic N) is 3. The minimum absolute atomic E-state index is 0.0642. The molecule has 2 aromatic carbocycles. The zero-order valence-corrected chi connectivity index (χ0v) is 19.3. The molecule has 0 aliphatic carbocycles. The monoisotopic (exact) mass is 475 g/mol. The van der Waals surface area contributed by atoms with E-state index in [2.05, 4.69) is 4.99 Å². The highest BCUT2D eigenvalue weighted by molar-refractivity contribution is 7.07. The topological polar surface area (TPSA) is 104 Å². The van der Waals surface area contributed by atoms with Gasteiger partial charge in [-0.15, -0.1) is 0 Å². The Hall–Kier alpha value is -4.11. The fourth-order valence-electron chi connectivity index (χ4n) is 3.66. The fraction of sp³-hybridized carbons (Fsp3) is 0.160. The van der Waals surface area contributed by atoms with Gasteiger partial charge >= 0.3 is 5.97 Å². The molecule has 4 rings (SSSR count). The number of fused-ring (bicyclic) bond motifs is 1. The number of aromatic nitrogens is 1. The van der Waals surface area contributed by atoms with Gasteiger partial charge in [-0.3, -0.25) is 19.5 Å².